The van der Waals surface area contributed by atoms with Crippen LogP contribution < -0.4 is 10.9 Å². The van der Waals surface area contributed by atoms with Gasteiger partial charge >= 0.3 is 6.09 Å². The maximum atomic E-state index is 11.9. The zero-order chi connectivity index (χ0) is 14.5. The molecule has 6 nitrogen and oxygen atoms in total. The molecular formula is C14H15N3O3. The Hall–Kier alpha value is -2.63. The fraction of sp³-hybridized carbons (Fsp3) is 0.214. The summed E-state index contributed by atoms with van der Waals surface area (Å²) in [6.07, 6.45) is -0.654. The summed E-state index contributed by atoms with van der Waals surface area (Å²) < 4.78 is 4.75. The van der Waals surface area contributed by atoms with E-state index in [1.54, 1.807) is 13.8 Å². The normalized spacial score (nSPS) is 10.1. The summed E-state index contributed by atoms with van der Waals surface area (Å²) in [5.74, 6) is 0.0675. The van der Waals surface area contributed by atoms with Crippen LogP contribution in [0, 0.1) is 6.92 Å². The van der Waals surface area contributed by atoms with E-state index in [0.717, 1.165) is 5.56 Å². The Bertz CT molecular complexity index is 665. The fourth-order valence-electron chi connectivity index (χ4n) is 1.73. The lowest BCUT2D eigenvalue weighted by atomic mass is 10.1. The number of H-pyrrole nitrogens is 1. The van der Waals surface area contributed by atoms with Crippen molar-refractivity contribution < 1.29 is 9.53 Å². The number of aromatic nitrogens is 2. The number of nitrogens with one attached hydrogen (secondary N) is 2. The largest absolute Gasteiger partial charge is 0.450 e. The highest BCUT2D eigenvalue weighted by atomic mass is 16.5. The number of carbonyl (C=O) groups is 1. The maximum Gasteiger partial charge on any atom is 0.413 e. The number of ether oxygens (including phenoxy) is 1. The molecule has 0 aliphatic carbocycles. The first-order valence-corrected chi connectivity index (χ1v) is 6.22. The van der Waals surface area contributed by atoms with Crippen molar-refractivity contribution in [1.29, 1.82) is 0 Å². The molecule has 0 aliphatic rings. The minimum Gasteiger partial charge on any atom is -0.450 e. The number of rotatable bonds is 3. The molecule has 2 aromatic rings. The van der Waals surface area contributed by atoms with Gasteiger partial charge in [0.1, 0.15) is 0 Å². The molecule has 0 aliphatic heterocycles. The van der Waals surface area contributed by atoms with Gasteiger partial charge < -0.3 is 4.74 Å². The van der Waals surface area contributed by atoms with Crippen LogP contribution in [0.25, 0.3) is 11.3 Å². The fourth-order valence-corrected chi connectivity index (χ4v) is 1.73. The number of aromatic amines is 1. The summed E-state index contributed by atoms with van der Waals surface area (Å²) in [6, 6.07) is 9.29. The lowest BCUT2D eigenvalue weighted by Crippen LogP contribution is -2.21. The van der Waals surface area contributed by atoms with E-state index in [4.69, 9.17) is 4.74 Å². The van der Waals surface area contributed by atoms with Crippen molar-refractivity contribution in [2.75, 3.05) is 11.9 Å². The van der Waals surface area contributed by atoms with E-state index in [1.807, 2.05) is 30.3 Å². The van der Waals surface area contributed by atoms with E-state index in [2.05, 4.69) is 15.3 Å². The Kier molecular flexibility index (Phi) is 4.14. The minimum atomic E-state index is -0.654. The van der Waals surface area contributed by atoms with Crippen LogP contribution in [0.5, 0.6) is 0 Å². The van der Waals surface area contributed by atoms with Crippen LogP contribution in [-0.2, 0) is 4.74 Å². The van der Waals surface area contributed by atoms with Crippen molar-refractivity contribution >= 4 is 12.0 Å². The van der Waals surface area contributed by atoms with E-state index in [9.17, 15) is 9.59 Å². The quantitative estimate of drug-likeness (QED) is 0.898. The van der Waals surface area contributed by atoms with Gasteiger partial charge in [0.25, 0.3) is 5.56 Å². The average molecular weight is 273 g/mol. The van der Waals surface area contributed by atoms with Crippen LogP contribution in [0.4, 0.5) is 10.7 Å². The number of amides is 1. The van der Waals surface area contributed by atoms with E-state index in [1.165, 1.54) is 0 Å². The summed E-state index contributed by atoms with van der Waals surface area (Å²) in [4.78, 5) is 30.0. The summed E-state index contributed by atoms with van der Waals surface area (Å²) >= 11 is 0. The van der Waals surface area contributed by atoms with Crippen LogP contribution in [0.2, 0.25) is 0 Å². The third-order valence-electron chi connectivity index (χ3n) is 2.69. The number of hydrogen-bond acceptors (Lipinski definition) is 4. The molecule has 1 amide bonds. The highest BCUT2D eigenvalue weighted by Gasteiger charge is 2.11. The number of hydrogen-bond donors (Lipinski definition) is 2. The second-order valence-electron chi connectivity index (χ2n) is 4.10. The van der Waals surface area contributed by atoms with E-state index < -0.39 is 6.09 Å². The molecule has 104 valence electrons. The molecule has 0 spiro atoms. The van der Waals surface area contributed by atoms with E-state index in [0.29, 0.717) is 11.3 Å². The standard InChI is InChI=1S/C14H15N3O3/c1-3-20-14(19)17-13-15-11(9(2)12(18)16-13)10-7-5-4-6-8-10/h4-8H,3H2,1-2H3,(H2,15,16,17,18,19). The third-order valence-corrected chi connectivity index (χ3v) is 2.69. The van der Waals surface area contributed by atoms with E-state index in [-0.39, 0.29) is 18.1 Å². The first-order chi connectivity index (χ1) is 9.61. The lowest BCUT2D eigenvalue weighted by Gasteiger charge is -2.08. The highest BCUT2D eigenvalue weighted by molar-refractivity contribution is 5.82. The Balaban J connectivity index is 2.40. The summed E-state index contributed by atoms with van der Waals surface area (Å²) in [7, 11) is 0. The zero-order valence-corrected chi connectivity index (χ0v) is 11.3. The molecule has 1 aromatic carbocycles. The Labute approximate surface area is 115 Å². The molecule has 1 heterocycles. The van der Waals surface area contributed by atoms with Gasteiger partial charge in [-0.1, -0.05) is 30.3 Å². The second kappa shape index (κ2) is 6.01. The zero-order valence-electron chi connectivity index (χ0n) is 11.3. The summed E-state index contributed by atoms with van der Waals surface area (Å²) in [5.41, 5.74) is 1.53. The van der Waals surface area contributed by atoms with Gasteiger partial charge in [0, 0.05) is 11.1 Å². The molecule has 0 bridgehead atoms. The van der Waals surface area contributed by atoms with Crippen molar-refractivity contribution in [3.63, 3.8) is 0 Å². The molecule has 20 heavy (non-hydrogen) atoms. The Morgan fingerprint density at radius 1 is 1.35 bits per heavy atom. The Morgan fingerprint density at radius 3 is 2.70 bits per heavy atom. The molecule has 0 atom stereocenters. The summed E-state index contributed by atoms with van der Waals surface area (Å²) in [6.45, 7) is 3.62. The van der Waals surface area contributed by atoms with Crippen LogP contribution in [-0.4, -0.2) is 22.7 Å². The Morgan fingerprint density at radius 2 is 2.05 bits per heavy atom. The highest BCUT2D eigenvalue weighted by Crippen LogP contribution is 2.19. The van der Waals surface area contributed by atoms with Crippen molar-refractivity contribution in [3.05, 3.63) is 46.2 Å². The van der Waals surface area contributed by atoms with Gasteiger partial charge in [0.15, 0.2) is 0 Å². The van der Waals surface area contributed by atoms with E-state index >= 15 is 0 Å². The number of benzene rings is 1. The molecule has 0 unspecified atom stereocenters. The molecule has 0 saturated carbocycles. The first kappa shape index (κ1) is 13.8. The van der Waals surface area contributed by atoms with Crippen LogP contribution in [0.3, 0.4) is 0 Å². The number of carbonyl (C=O) groups excluding carboxylic acids is 1. The third kappa shape index (κ3) is 3.03. The van der Waals surface area contributed by atoms with Crippen LogP contribution in [0.15, 0.2) is 35.1 Å². The van der Waals surface area contributed by atoms with Gasteiger partial charge in [0.05, 0.1) is 12.3 Å². The van der Waals surface area contributed by atoms with Gasteiger partial charge in [0.2, 0.25) is 5.95 Å². The molecule has 1 aromatic heterocycles. The van der Waals surface area contributed by atoms with Crippen molar-refractivity contribution in [2.45, 2.75) is 13.8 Å². The molecular weight excluding hydrogens is 258 g/mol. The first-order valence-electron chi connectivity index (χ1n) is 6.22. The maximum absolute atomic E-state index is 11.9. The molecule has 2 N–H and O–H groups in total. The minimum absolute atomic E-state index is 0.0675. The van der Waals surface area contributed by atoms with Crippen LogP contribution >= 0.6 is 0 Å². The molecule has 6 heteroatoms. The van der Waals surface area contributed by atoms with Crippen molar-refractivity contribution in [2.24, 2.45) is 0 Å². The molecule has 2 rings (SSSR count). The van der Waals surface area contributed by atoms with Gasteiger partial charge in [-0.3, -0.25) is 15.1 Å². The molecule has 0 radical (unpaired) electrons. The number of nitrogens with zero attached hydrogens (tertiary/aromatic N) is 1. The molecule has 0 fully saturated rings. The topological polar surface area (TPSA) is 84.1 Å². The van der Waals surface area contributed by atoms with Gasteiger partial charge in [-0.25, -0.2) is 9.78 Å². The van der Waals surface area contributed by atoms with Gasteiger partial charge in [-0.2, -0.15) is 0 Å². The van der Waals surface area contributed by atoms with Gasteiger partial charge in [-0.05, 0) is 13.8 Å². The lowest BCUT2D eigenvalue weighted by molar-refractivity contribution is 0.167. The SMILES string of the molecule is CCOC(=O)Nc1nc(-c2ccccc2)c(C)c(=O)[nH]1. The van der Waals surface area contributed by atoms with Gasteiger partial charge in [-0.15, -0.1) is 0 Å². The summed E-state index contributed by atoms with van der Waals surface area (Å²) in [5, 5.41) is 2.39. The average Bonchev–Trinajstić information content (AvgIpc) is 2.44. The number of anilines is 1. The molecule has 0 saturated heterocycles. The second-order valence-corrected chi connectivity index (χ2v) is 4.10. The van der Waals surface area contributed by atoms with Crippen molar-refractivity contribution in [3.8, 4) is 11.3 Å². The van der Waals surface area contributed by atoms with Crippen LogP contribution in [0.1, 0.15) is 12.5 Å². The predicted molar refractivity (Wildman–Crippen MR) is 75.7 cm³/mol. The van der Waals surface area contributed by atoms with Crippen molar-refractivity contribution in [1.82, 2.24) is 9.97 Å². The monoisotopic (exact) mass is 273 g/mol. The smallest absolute Gasteiger partial charge is 0.413 e. The predicted octanol–water partition coefficient (Wildman–Crippen LogP) is 2.31.